The summed E-state index contributed by atoms with van der Waals surface area (Å²) >= 11 is 0. The van der Waals surface area contributed by atoms with Gasteiger partial charge in [0.2, 0.25) is 0 Å². The van der Waals surface area contributed by atoms with Crippen molar-refractivity contribution in [2.24, 2.45) is 0 Å². The van der Waals surface area contributed by atoms with Crippen molar-refractivity contribution >= 4 is 12.6 Å². The predicted octanol–water partition coefficient (Wildman–Crippen LogP) is 2.31. The standard InChI is InChI=1S/C15H12O4/c16-8-12-6-10(1-3-14(12)18)5-11-2-4-15(19)13(7-11)9-17/h1-4,6-9,18-19H,5H2. The SMILES string of the molecule is O=Cc1cc(Cc2ccc(O)c(C=O)c2)ccc1O. The van der Waals surface area contributed by atoms with Crippen LogP contribution in [-0.2, 0) is 6.42 Å². The number of aldehydes is 2. The molecule has 2 aromatic rings. The molecule has 0 aliphatic carbocycles. The summed E-state index contributed by atoms with van der Waals surface area (Å²) in [6.45, 7) is 0. The maximum absolute atomic E-state index is 10.7. The number of benzene rings is 2. The molecule has 0 unspecified atom stereocenters. The van der Waals surface area contributed by atoms with Gasteiger partial charge >= 0.3 is 0 Å². The number of carbonyl (C=O) groups is 2. The Morgan fingerprint density at radius 2 is 1.21 bits per heavy atom. The lowest BCUT2D eigenvalue weighted by Gasteiger charge is -2.06. The van der Waals surface area contributed by atoms with Crippen LogP contribution in [0.2, 0.25) is 0 Å². The van der Waals surface area contributed by atoms with Gasteiger partial charge in [-0.15, -0.1) is 0 Å². The Kier molecular flexibility index (Phi) is 3.61. The van der Waals surface area contributed by atoms with Gasteiger partial charge in [0.1, 0.15) is 11.5 Å². The molecule has 2 N–H and O–H groups in total. The van der Waals surface area contributed by atoms with E-state index >= 15 is 0 Å². The lowest BCUT2D eigenvalue weighted by Crippen LogP contribution is -1.92. The lowest BCUT2D eigenvalue weighted by molar-refractivity contribution is 0.111. The molecule has 0 bridgehead atoms. The molecule has 0 heterocycles. The quantitative estimate of drug-likeness (QED) is 0.823. The number of rotatable bonds is 4. The molecule has 2 aromatic carbocycles. The van der Waals surface area contributed by atoms with Gasteiger partial charge in [-0.3, -0.25) is 9.59 Å². The summed E-state index contributed by atoms with van der Waals surface area (Å²) < 4.78 is 0. The molecule has 0 radical (unpaired) electrons. The molecule has 0 aliphatic rings. The van der Waals surface area contributed by atoms with Crippen LogP contribution in [0.15, 0.2) is 36.4 Å². The van der Waals surface area contributed by atoms with Crippen molar-refractivity contribution < 1.29 is 19.8 Å². The third kappa shape index (κ3) is 2.80. The predicted molar refractivity (Wildman–Crippen MR) is 69.8 cm³/mol. The van der Waals surface area contributed by atoms with E-state index in [0.29, 0.717) is 19.0 Å². The molecular formula is C15H12O4. The number of hydrogen-bond acceptors (Lipinski definition) is 4. The Hall–Kier alpha value is -2.62. The Labute approximate surface area is 109 Å². The van der Waals surface area contributed by atoms with Crippen molar-refractivity contribution in [2.45, 2.75) is 6.42 Å². The van der Waals surface area contributed by atoms with Crippen LogP contribution in [0.25, 0.3) is 0 Å². The highest BCUT2D eigenvalue weighted by Crippen LogP contribution is 2.21. The zero-order chi connectivity index (χ0) is 13.8. The molecule has 0 amide bonds. The fourth-order valence-electron chi connectivity index (χ4n) is 1.85. The summed E-state index contributed by atoms with van der Waals surface area (Å²) in [4.78, 5) is 21.5. The molecule has 0 atom stereocenters. The minimum atomic E-state index is -0.0574. The molecule has 0 spiro atoms. The van der Waals surface area contributed by atoms with E-state index in [2.05, 4.69) is 0 Å². The molecule has 2 rings (SSSR count). The van der Waals surface area contributed by atoms with E-state index in [1.165, 1.54) is 12.1 Å². The second-order valence-electron chi connectivity index (χ2n) is 4.20. The summed E-state index contributed by atoms with van der Waals surface area (Å²) in [5, 5.41) is 18.8. The fourth-order valence-corrected chi connectivity index (χ4v) is 1.85. The summed E-state index contributed by atoms with van der Waals surface area (Å²) in [6, 6.07) is 9.51. The van der Waals surface area contributed by atoms with Crippen molar-refractivity contribution in [3.05, 3.63) is 58.7 Å². The van der Waals surface area contributed by atoms with E-state index < -0.39 is 0 Å². The van der Waals surface area contributed by atoms with Crippen LogP contribution in [0.3, 0.4) is 0 Å². The van der Waals surface area contributed by atoms with Gasteiger partial charge in [0.05, 0.1) is 11.1 Å². The van der Waals surface area contributed by atoms with Crippen LogP contribution >= 0.6 is 0 Å². The Balaban J connectivity index is 2.30. The molecule has 0 fully saturated rings. The highest BCUT2D eigenvalue weighted by molar-refractivity contribution is 5.80. The highest BCUT2D eigenvalue weighted by atomic mass is 16.3. The minimum absolute atomic E-state index is 0.0574. The summed E-state index contributed by atoms with van der Waals surface area (Å²) in [5.74, 6) is -0.115. The molecule has 0 saturated carbocycles. The molecule has 19 heavy (non-hydrogen) atoms. The third-order valence-corrected chi connectivity index (χ3v) is 2.85. The Morgan fingerprint density at radius 3 is 1.58 bits per heavy atom. The first-order valence-corrected chi connectivity index (χ1v) is 5.68. The van der Waals surface area contributed by atoms with Crippen LogP contribution < -0.4 is 0 Å². The van der Waals surface area contributed by atoms with Crippen molar-refractivity contribution in [1.29, 1.82) is 0 Å². The van der Waals surface area contributed by atoms with Crippen molar-refractivity contribution in [3.8, 4) is 11.5 Å². The normalized spacial score (nSPS) is 10.1. The number of phenolic OH excluding ortho intramolecular Hbond substituents is 2. The van der Waals surface area contributed by atoms with E-state index in [1.807, 2.05) is 0 Å². The van der Waals surface area contributed by atoms with Crippen LogP contribution in [0.4, 0.5) is 0 Å². The molecule has 4 heteroatoms. The van der Waals surface area contributed by atoms with Crippen LogP contribution in [-0.4, -0.2) is 22.8 Å². The van der Waals surface area contributed by atoms with Crippen LogP contribution in [0, 0.1) is 0 Å². The van der Waals surface area contributed by atoms with Gasteiger partial charge in [0.15, 0.2) is 12.6 Å². The molecule has 0 aliphatic heterocycles. The van der Waals surface area contributed by atoms with Gasteiger partial charge in [-0.1, -0.05) is 12.1 Å². The third-order valence-electron chi connectivity index (χ3n) is 2.85. The van der Waals surface area contributed by atoms with Gasteiger partial charge in [0.25, 0.3) is 0 Å². The molecule has 4 nitrogen and oxygen atoms in total. The minimum Gasteiger partial charge on any atom is -0.507 e. The summed E-state index contributed by atoms with van der Waals surface area (Å²) in [5.41, 5.74) is 2.13. The molecule has 0 saturated heterocycles. The maximum atomic E-state index is 10.7. The molecule has 96 valence electrons. The number of aromatic hydroxyl groups is 2. The zero-order valence-electron chi connectivity index (χ0n) is 10.0. The van der Waals surface area contributed by atoms with Gasteiger partial charge in [-0.2, -0.15) is 0 Å². The lowest BCUT2D eigenvalue weighted by atomic mass is 10.0. The van der Waals surface area contributed by atoms with E-state index in [-0.39, 0.29) is 22.6 Å². The van der Waals surface area contributed by atoms with Crippen LogP contribution in [0.5, 0.6) is 11.5 Å². The van der Waals surface area contributed by atoms with E-state index in [0.717, 1.165) is 11.1 Å². The second kappa shape index (κ2) is 5.35. The first-order chi connectivity index (χ1) is 9.13. The highest BCUT2D eigenvalue weighted by Gasteiger charge is 2.05. The zero-order valence-corrected chi connectivity index (χ0v) is 10.0. The first-order valence-electron chi connectivity index (χ1n) is 5.68. The first kappa shape index (κ1) is 12.8. The van der Waals surface area contributed by atoms with Crippen molar-refractivity contribution in [2.75, 3.05) is 0 Å². The van der Waals surface area contributed by atoms with Gasteiger partial charge in [0, 0.05) is 0 Å². The average Bonchev–Trinajstić information content (AvgIpc) is 2.43. The van der Waals surface area contributed by atoms with E-state index in [4.69, 9.17) is 0 Å². The summed E-state index contributed by atoms with van der Waals surface area (Å²) in [6.07, 6.45) is 1.68. The Morgan fingerprint density at radius 1 is 0.789 bits per heavy atom. The Bertz CT molecular complexity index is 577. The largest absolute Gasteiger partial charge is 0.507 e. The number of phenols is 2. The monoisotopic (exact) mass is 256 g/mol. The van der Waals surface area contributed by atoms with Gasteiger partial charge in [-0.05, 0) is 41.8 Å². The van der Waals surface area contributed by atoms with E-state index in [1.54, 1.807) is 24.3 Å². The second-order valence-corrected chi connectivity index (χ2v) is 4.20. The van der Waals surface area contributed by atoms with Crippen molar-refractivity contribution in [3.63, 3.8) is 0 Å². The maximum Gasteiger partial charge on any atom is 0.153 e. The topological polar surface area (TPSA) is 74.6 Å². The average molecular weight is 256 g/mol. The van der Waals surface area contributed by atoms with E-state index in [9.17, 15) is 19.8 Å². The number of carbonyl (C=O) groups excluding carboxylic acids is 2. The number of hydrogen-bond donors (Lipinski definition) is 2. The fraction of sp³-hybridized carbons (Fsp3) is 0.0667. The van der Waals surface area contributed by atoms with Gasteiger partial charge in [-0.25, -0.2) is 0 Å². The molecule has 0 aromatic heterocycles. The smallest absolute Gasteiger partial charge is 0.153 e. The summed E-state index contributed by atoms with van der Waals surface area (Å²) in [7, 11) is 0. The van der Waals surface area contributed by atoms with Crippen molar-refractivity contribution in [1.82, 2.24) is 0 Å². The van der Waals surface area contributed by atoms with Crippen LogP contribution in [0.1, 0.15) is 31.8 Å². The van der Waals surface area contributed by atoms with Gasteiger partial charge < -0.3 is 10.2 Å². The molecular weight excluding hydrogens is 244 g/mol.